The Bertz CT molecular complexity index is 997. The van der Waals surface area contributed by atoms with Gasteiger partial charge < -0.3 is 0 Å². The van der Waals surface area contributed by atoms with E-state index < -0.39 is 0 Å². The molecule has 146 valence electrons. The SMILES string of the molecule is CCCc1ccncc1-c1nc(-c2ccc3c(c2)C(C)(C)CCC3(C)C)cs1. The molecule has 3 heteroatoms. The monoisotopic (exact) mass is 390 g/mol. The third-order valence-electron chi connectivity index (χ3n) is 6.31. The number of pyridine rings is 1. The Balaban J connectivity index is 1.75. The van der Waals surface area contributed by atoms with E-state index in [0.29, 0.717) is 0 Å². The van der Waals surface area contributed by atoms with Crippen molar-refractivity contribution in [3.8, 4) is 21.8 Å². The first-order valence-electron chi connectivity index (χ1n) is 10.4. The van der Waals surface area contributed by atoms with Gasteiger partial charge in [0.2, 0.25) is 0 Å². The Hall–Kier alpha value is -2.00. The van der Waals surface area contributed by atoms with Crippen molar-refractivity contribution < 1.29 is 0 Å². The smallest absolute Gasteiger partial charge is 0.125 e. The Kier molecular flexibility index (Phi) is 4.91. The molecule has 0 N–H and O–H groups in total. The third-order valence-corrected chi connectivity index (χ3v) is 7.19. The van der Waals surface area contributed by atoms with Crippen molar-refractivity contribution in [2.75, 3.05) is 0 Å². The van der Waals surface area contributed by atoms with Gasteiger partial charge in [-0.15, -0.1) is 11.3 Å². The summed E-state index contributed by atoms with van der Waals surface area (Å²) in [5.41, 5.74) is 8.29. The van der Waals surface area contributed by atoms with E-state index in [1.807, 2.05) is 12.4 Å². The zero-order valence-electron chi connectivity index (χ0n) is 17.7. The van der Waals surface area contributed by atoms with Gasteiger partial charge in [-0.25, -0.2) is 4.98 Å². The molecule has 2 nitrogen and oxygen atoms in total. The van der Waals surface area contributed by atoms with Crippen molar-refractivity contribution in [1.29, 1.82) is 0 Å². The molecule has 3 aromatic rings. The van der Waals surface area contributed by atoms with Gasteiger partial charge in [0.15, 0.2) is 0 Å². The van der Waals surface area contributed by atoms with E-state index in [1.54, 1.807) is 11.3 Å². The van der Waals surface area contributed by atoms with Gasteiger partial charge in [-0.3, -0.25) is 4.98 Å². The van der Waals surface area contributed by atoms with Crippen molar-refractivity contribution in [3.05, 3.63) is 58.7 Å². The fourth-order valence-corrected chi connectivity index (χ4v) is 5.26. The molecule has 0 saturated heterocycles. The second kappa shape index (κ2) is 7.11. The second-order valence-electron chi connectivity index (χ2n) is 9.35. The van der Waals surface area contributed by atoms with Crippen LogP contribution in [0.25, 0.3) is 21.8 Å². The highest BCUT2D eigenvalue weighted by atomic mass is 32.1. The molecule has 1 aliphatic carbocycles. The van der Waals surface area contributed by atoms with E-state index in [1.165, 1.54) is 40.7 Å². The van der Waals surface area contributed by atoms with Crippen LogP contribution in [0.5, 0.6) is 0 Å². The summed E-state index contributed by atoms with van der Waals surface area (Å²) in [6, 6.07) is 9.13. The first-order valence-corrected chi connectivity index (χ1v) is 11.2. The molecule has 0 atom stereocenters. The minimum Gasteiger partial charge on any atom is -0.264 e. The van der Waals surface area contributed by atoms with Crippen molar-refractivity contribution >= 4 is 11.3 Å². The van der Waals surface area contributed by atoms with Gasteiger partial charge >= 0.3 is 0 Å². The van der Waals surface area contributed by atoms with Crippen LogP contribution in [0.1, 0.15) is 70.6 Å². The number of fused-ring (bicyclic) bond motifs is 1. The molecule has 0 saturated carbocycles. The number of aryl methyl sites for hydroxylation is 1. The van der Waals surface area contributed by atoms with Gasteiger partial charge in [-0.05, 0) is 58.9 Å². The Labute approximate surface area is 173 Å². The summed E-state index contributed by atoms with van der Waals surface area (Å²) in [7, 11) is 0. The molecular formula is C25H30N2S. The number of hydrogen-bond donors (Lipinski definition) is 0. The summed E-state index contributed by atoms with van der Waals surface area (Å²) < 4.78 is 0. The maximum atomic E-state index is 5.01. The fraction of sp³-hybridized carbons (Fsp3) is 0.440. The lowest BCUT2D eigenvalue weighted by Gasteiger charge is -2.42. The van der Waals surface area contributed by atoms with Crippen molar-refractivity contribution in [2.45, 2.75) is 71.1 Å². The van der Waals surface area contributed by atoms with E-state index in [-0.39, 0.29) is 10.8 Å². The molecule has 2 heterocycles. The minimum atomic E-state index is 0.220. The molecule has 28 heavy (non-hydrogen) atoms. The fourth-order valence-electron chi connectivity index (χ4n) is 4.38. The van der Waals surface area contributed by atoms with Crippen LogP contribution >= 0.6 is 11.3 Å². The zero-order valence-corrected chi connectivity index (χ0v) is 18.5. The number of nitrogens with zero attached hydrogens (tertiary/aromatic N) is 2. The number of benzene rings is 1. The second-order valence-corrected chi connectivity index (χ2v) is 10.2. The van der Waals surface area contributed by atoms with Crippen LogP contribution in [0.15, 0.2) is 42.0 Å². The van der Waals surface area contributed by atoms with Gasteiger partial charge in [0.25, 0.3) is 0 Å². The van der Waals surface area contributed by atoms with Crippen molar-refractivity contribution in [1.82, 2.24) is 9.97 Å². The average molecular weight is 391 g/mol. The number of hydrogen-bond acceptors (Lipinski definition) is 3. The lowest BCUT2D eigenvalue weighted by molar-refractivity contribution is 0.332. The minimum absolute atomic E-state index is 0.220. The van der Waals surface area contributed by atoms with Crippen LogP contribution in [0.4, 0.5) is 0 Å². The quantitative estimate of drug-likeness (QED) is 0.472. The van der Waals surface area contributed by atoms with Crippen molar-refractivity contribution in [3.63, 3.8) is 0 Å². The average Bonchev–Trinajstić information content (AvgIpc) is 3.16. The summed E-state index contributed by atoms with van der Waals surface area (Å²) in [4.78, 5) is 9.35. The Morgan fingerprint density at radius 3 is 2.50 bits per heavy atom. The number of rotatable bonds is 4. The lowest BCUT2D eigenvalue weighted by atomic mass is 9.63. The molecule has 0 unspecified atom stereocenters. The summed E-state index contributed by atoms with van der Waals surface area (Å²) in [6.07, 6.45) is 8.52. The van der Waals surface area contributed by atoms with Gasteiger partial charge in [0.05, 0.1) is 5.69 Å². The lowest BCUT2D eigenvalue weighted by Crippen LogP contribution is -2.33. The van der Waals surface area contributed by atoms with E-state index in [2.05, 4.69) is 69.2 Å². The van der Waals surface area contributed by atoms with Gasteiger partial charge in [0.1, 0.15) is 5.01 Å². The molecule has 4 rings (SSSR count). The molecule has 0 fully saturated rings. The van der Waals surface area contributed by atoms with Gasteiger partial charge in [0, 0.05) is 28.9 Å². The van der Waals surface area contributed by atoms with E-state index in [9.17, 15) is 0 Å². The molecule has 0 aliphatic heterocycles. The first kappa shape index (κ1) is 19.3. The van der Waals surface area contributed by atoms with E-state index in [0.717, 1.165) is 23.5 Å². The predicted octanol–water partition coefficient (Wildman–Crippen LogP) is 7.17. The topological polar surface area (TPSA) is 25.8 Å². The maximum Gasteiger partial charge on any atom is 0.125 e. The molecule has 2 aromatic heterocycles. The van der Waals surface area contributed by atoms with Crippen LogP contribution in [-0.2, 0) is 17.3 Å². The first-order chi connectivity index (χ1) is 13.3. The number of aromatic nitrogens is 2. The highest BCUT2D eigenvalue weighted by Crippen LogP contribution is 2.47. The Morgan fingerprint density at radius 2 is 1.75 bits per heavy atom. The highest BCUT2D eigenvalue weighted by molar-refractivity contribution is 7.13. The van der Waals surface area contributed by atoms with E-state index >= 15 is 0 Å². The zero-order chi connectivity index (χ0) is 19.9. The van der Waals surface area contributed by atoms with E-state index in [4.69, 9.17) is 4.98 Å². The Morgan fingerprint density at radius 1 is 1.00 bits per heavy atom. The van der Waals surface area contributed by atoms with Crippen molar-refractivity contribution in [2.24, 2.45) is 0 Å². The molecule has 0 amide bonds. The van der Waals surface area contributed by atoms with Crippen LogP contribution in [0.3, 0.4) is 0 Å². The summed E-state index contributed by atoms with van der Waals surface area (Å²) >= 11 is 1.72. The molecule has 0 bridgehead atoms. The summed E-state index contributed by atoms with van der Waals surface area (Å²) in [5, 5.41) is 3.27. The summed E-state index contributed by atoms with van der Waals surface area (Å²) in [6.45, 7) is 11.7. The molecule has 0 spiro atoms. The summed E-state index contributed by atoms with van der Waals surface area (Å²) in [5.74, 6) is 0. The molecule has 0 radical (unpaired) electrons. The molecule has 1 aliphatic rings. The van der Waals surface area contributed by atoms with Crippen LogP contribution in [0, 0.1) is 0 Å². The van der Waals surface area contributed by atoms with Gasteiger partial charge in [-0.2, -0.15) is 0 Å². The maximum absolute atomic E-state index is 5.01. The highest BCUT2D eigenvalue weighted by Gasteiger charge is 2.37. The predicted molar refractivity (Wildman–Crippen MR) is 120 cm³/mol. The van der Waals surface area contributed by atoms with Crippen LogP contribution < -0.4 is 0 Å². The van der Waals surface area contributed by atoms with Gasteiger partial charge in [-0.1, -0.05) is 53.2 Å². The number of thiazole rings is 1. The molecule has 1 aromatic carbocycles. The largest absolute Gasteiger partial charge is 0.264 e. The third kappa shape index (κ3) is 3.41. The van der Waals surface area contributed by atoms with Crippen LogP contribution in [-0.4, -0.2) is 9.97 Å². The molecular weight excluding hydrogens is 360 g/mol. The normalized spacial score (nSPS) is 17.3. The van der Waals surface area contributed by atoms with Crippen LogP contribution in [0.2, 0.25) is 0 Å². The standard InChI is InChI=1S/C25H30N2S/c1-6-7-17-10-13-26-15-19(17)23-27-22(16-28-23)18-8-9-20-21(14-18)25(4,5)12-11-24(20,2)3/h8-10,13-16H,6-7,11-12H2,1-5H3.